The zero-order chi connectivity index (χ0) is 32.9. The van der Waals surface area contributed by atoms with Crippen molar-refractivity contribution in [2.45, 2.75) is 48.5 Å². The van der Waals surface area contributed by atoms with Crippen molar-refractivity contribution in [2.75, 3.05) is 0 Å². The Labute approximate surface area is 273 Å². The van der Waals surface area contributed by atoms with E-state index in [1.165, 1.54) is 22.3 Å². The number of ether oxygens (including phenoxy) is 3. The van der Waals surface area contributed by atoms with Crippen LogP contribution in [-0.2, 0) is 0 Å². The number of benzene rings is 5. The van der Waals surface area contributed by atoms with Crippen LogP contribution in [0.1, 0.15) is 39.5 Å². The first-order valence-electron chi connectivity index (χ1n) is 15.3. The summed E-state index contributed by atoms with van der Waals surface area (Å²) in [5, 5.41) is 0. The Morgan fingerprint density at radius 3 is 1.04 bits per heavy atom. The standard InChI is InChI=1S/C20H18O2.C14H14O.C7H10N2/c1-15-6-3-8-17(12-15)21-19-10-5-11-20(14-19)22-18-9-4-7-16(2)13-18;1-11-6-8-13(9-7-11)15-14-5-3-4-12(2)10-14;1-5-4-6(2)9-7(3)8-5/h3-14H,1-2H3;3-10H,1-2H3;4H,1-3H3. The Bertz CT molecular complexity index is 1740. The zero-order valence-corrected chi connectivity index (χ0v) is 27.7. The van der Waals surface area contributed by atoms with E-state index in [4.69, 9.17) is 14.2 Å². The van der Waals surface area contributed by atoms with Gasteiger partial charge in [-0.05, 0) is 132 Å². The van der Waals surface area contributed by atoms with Crippen molar-refractivity contribution in [3.63, 3.8) is 0 Å². The molecular formula is C41H42N2O3. The molecule has 0 N–H and O–H groups in total. The van der Waals surface area contributed by atoms with Gasteiger partial charge in [-0.25, -0.2) is 9.97 Å². The SMILES string of the molecule is Cc1cc(C)nc(C)n1.Cc1ccc(Oc2cccc(C)c2)cc1.Cc1cccc(Oc2cccc(Oc3cccc(C)c3)c2)c1. The molecule has 0 aliphatic rings. The molecule has 0 aliphatic heterocycles. The van der Waals surface area contributed by atoms with Gasteiger partial charge in [0, 0.05) is 17.5 Å². The van der Waals surface area contributed by atoms with Gasteiger partial charge in [-0.2, -0.15) is 0 Å². The summed E-state index contributed by atoms with van der Waals surface area (Å²) >= 11 is 0. The second kappa shape index (κ2) is 16.6. The highest BCUT2D eigenvalue weighted by molar-refractivity contribution is 5.40. The molecule has 0 radical (unpaired) electrons. The highest BCUT2D eigenvalue weighted by Gasteiger charge is 2.02. The highest BCUT2D eigenvalue weighted by Crippen LogP contribution is 2.29. The van der Waals surface area contributed by atoms with Crippen LogP contribution in [0.25, 0.3) is 0 Å². The van der Waals surface area contributed by atoms with Gasteiger partial charge in [-0.3, -0.25) is 0 Å². The molecule has 0 bridgehead atoms. The van der Waals surface area contributed by atoms with Crippen LogP contribution in [0.5, 0.6) is 34.5 Å². The topological polar surface area (TPSA) is 53.5 Å². The normalized spacial score (nSPS) is 10.1. The molecule has 46 heavy (non-hydrogen) atoms. The molecule has 6 rings (SSSR count). The number of hydrogen-bond acceptors (Lipinski definition) is 5. The molecule has 5 heteroatoms. The van der Waals surface area contributed by atoms with Crippen molar-refractivity contribution in [2.24, 2.45) is 0 Å². The van der Waals surface area contributed by atoms with Crippen molar-refractivity contribution in [3.8, 4) is 34.5 Å². The lowest BCUT2D eigenvalue weighted by Gasteiger charge is -2.10. The first-order valence-corrected chi connectivity index (χ1v) is 15.3. The van der Waals surface area contributed by atoms with Gasteiger partial charge in [0.2, 0.25) is 0 Å². The monoisotopic (exact) mass is 610 g/mol. The summed E-state index contributed by atoms with van der Waals surface area (Å²) in [5.41, 5.74) is 6.88. The molecule has 0 spiro atoms. The van der Waals surface area contributed by atoms with E-state index in [-0.39, 0.29) is 0 Å². The molecule has 5 aromatic carbocycles. The van der Waals surface area contributed by atoms with Gasteiger partial charge in [0.25, 0.3) is 0 Å². The minimum atomic E-state index is 0.760. The second-order valence-electron chi connectivity index (χ2n) is 11.2. The van der Waals surface area contributed by atoms with Crippen LogP contribution in [0.15, 0.2) is 127 Å². The number of nitrogens with zero attached hydrogens (tertiary/aromatic N) is 2. The highest BCUT2D eigenvalue weighted by atomic mass is 16.5. The van der Waals surface area contributed by atoms with Crippen LogP contribution in [-0.4, -0.2) is 9.97 Å². The summed E-state index contributed by atoms with van der Waals surface area (Å²) in [6.07, 6.45) is 0. The number of aryl methyl sites for hydroxylation is 7. The van der Waals surface area contributed by atoms with Crippen molar-refractivity contribution < 1.29 is 14.2 Å². The fraction of sp³-hybridized carbons (Fsp3) is 0.171. The number of aromatic nitrogens is 2. The first kappa shape index (κ1) is 33.5. The van der Waals surface area contributed by atoms with Crippen molar-refractivity contribution >= 4 is 0 Å². The van der Waals surface area contributed by atoms with E-state index in [2.05, 4.69) is 29.9 Å². The summed E-state index contributed by atoms with van der Waals surface area (Å²) < 4.78 is 17.5. The average molecular weight is 611 g/mol. The smallest absolute Gasteiger partial charge is 0.131 e. The Morgan fingerprint density at radius 1 is 0.326 bits per heavy atom. The molecule has 0 fully saturated rings. The van der Waals surface area contributed by atoms with E-state index >= 15 is 0 Å². The zero-order valence-electron chi connectivity index (χ0n) is 27.7. The largest absolute Gasteiger partial charge is 0.457 e. The predicted molar refractivity (Wildman–Crippen MR) is 188 cm³/mol. The van der Waals surface area contributed by atoms with Crippen LogP contribution >= 0.6 is 0 Å². The molecule has 0 saturated heterocycles. The quantitative estimate of drug-likeness (QED) is 0.188. The first-order chi connectivity index (χ1) is 22.1. The minimum Gasteiger partial charge on any atom is -0.457 e. The Morgan fingerprint density at radius 2 is 0.674 bits per heavy atom. The summed E-state index contributed by atoms with van der Waals surface area (Å²) in [6, 6.07) is 41.7. The third-order valence-corrected chi connectivity index (χ3v) is 6.60. The predicted octanol–water partition coefficient (Wildman–Crippen LogP) is 11.4. The minimum absolute atomic E-state index is 0.760. The fourth-order valence-electron chi connectivity index (χ4n) is 4.55. The van der Waals surface area contributed by atoms with Gasteiger partial charge in [-0.15, -0.1) is 0 Å². The van der Waals surface area contributed by atoms with E-state index < -0.39 is 0 Å². The summed E-state index contributed by atoms with van der Waals surface area (Å²) in [6.45, 7) is 14.1. The average Bonchev–Trinajstić information content (AvgIpc) is 2.99. The Kier molecular flexibility index (Phi) is 12.1. The molecule has 234 valence electrons. The number of hydrogen-bond donors (Lipinski definition) is 0. The lowest BCUT2D eigenvalue weighted by atomic mass is 10.2. The van der Waals surface area contributed by atoms with Crippen molar-refractivity contribution in [1.82, 2.24) is 9.97 Å². The molecule has 0 saturated carbocycles. The van der Waals surface area contributed by atoms with Crippen molar-refractivity contribution in [3.05, 3.63) is 167 Å². The summed E-state index contributed by atoms with van der Waals surface area (Å²) in [7, 11) is 0. The molecule has 0 atom stereocenters. The Hall–Kier alpha value is -5.42. The maximum absolute atomic E-state index is 5.88. The molecule has 1 aromatic heterocycles. The third kappa shape index (κ3) is 11.6. The van der Waals surface area contributed by atoms with Crippen LogP contribution in [0.3, 0.4) is 0 Å². The number of rotatable bonds is 6. The van der Waals surface area contributed by atoms with Crippen LogP contribution in [0, 0.1) is 48.5 Å². The maximum atomic E-state index is 5.88. The maximum Gasteiger partial charge on any atom is 0.131 e. The van der Waals surface area contributed by atoms with Gasteiger partial charge in [-0.1, -0.05) is 60.2 Å². The van der Waals surface area contributed by atoms with Crippen LogP contribution in [0.2, 0.25) is 0 Å². The third-order valence-electron chi connectivity index (χ3n) is 6.60. The Balaban J connectivity index is 0.000000172. The van der Waals surface area contributed by atoms with Crippen molar-refractivity contribution in [1.29, 1.82) is 0 Å². The molecule has 1 heterocycles. The molecule has 5 nitrogen and oxygen atoms in total. The molecule has 6 aromatic rings. The van der Waals surface area contributed by atoms with Gasteiger partial charge in [0.05, 0.1) is 0 Å². The van der Waals surface area contributed by atoms with E-state index in [1.807, 2.05) is 156 Å². The second-order valence-corrected chi connectivity index (χ2v) is 11.2. The van der Waals surface area contributed by atoms with E-state index in [0.717, 1.165) is 51.7 Å². The molecule has 0 aliphatic carbocycles. The molecule has 0 amide bonds. The van der Waals surface area contributed by atoms with Gasteiger partial charge < -0.3 is 14.2 Å². The lowest BCUT2D eigenvalue weighted by molar-refractivity contribution is 0.460. The summed E-state index contributed by atoms with van der Waals surface area (Å²) in [4.78, 5) is 8.25. The van der Waals surface area contributed by atoms with Crippen LogP contribution < -0.4 is 14.2 Å². The molecular weight excluding hydrogens is 568 g/mol. The van der Waals surface area contributed by atoms with Gasteiger partial charge >= 0.3 is 0 Å². The fourth-order valence-corrected chi connectivity index (χ4v) is 4.55. The van der Waals surface area contributed by atoms with Gasteiger partial charge in [0.15, 0.2) is 0 Å². The van der Waals surface area contributed by atoms with E-state index in [1.54, 1.807) is 0 Å². The van der Waals surface area contributed by atoms with Gasteiger partial charge in [0.1, 0.15) is 40.3 Å². The summed E-state index contributed by atoms with van der Waals surface area (Å²) in [5.74, 6) is 5.80. The molecule has 0 unspecified atom stereocenters. The van der Waals surface area contributed by atoms with Crippen LogP contribution in [0.4, 0.5) is 0 Å². The van der Waals surface area contributed by atoms with E-state index in [9.17, 15) is 0 Å². The lowest BCUT2D eigenvalue weighted by Crippen LogP contribution is -1.91. The van der Waals surface area contributed by atoms with E-state index in [0.29, 0.717) is 0 Å².